The molecule has 0 aromatic rings. The molecule has 0 aliphatic carbocycles. The van der Waals surface area contributed by atoms with Crippen molar-refractivity contribution >= 4 is 17.6 Å². The zero-order chi connectivity index (χ0) is 13.7. The van der Waals surface area contributed by atoms with Gasteiger partial charge >= 0.3 is 5.97 Å². The number of nitrogens with two attached hydrogens (primary N) is 1. The van der Waals surface area contributed by atoms with Crippen molar-refractivity contribution in [3.05, 3.63) is 47.1 Å². The summed E-state index contributed by atoms with van der Waals surface area (Å²) in [6, 6.07) is 0. The standard InChI is InChI=1S/C12H14ClFN2O2/c1-8(13)11(14)3-9(5-15)6-16(2)10-4-12(17)18-7-10/h3-5H,1,6-7,15H2,2H3/b9-5+,11-3+. The number of nitrogens with zero attached hydrogens (tertiary/aromatic N) is 1. The van der Waals surface area contributed by atoms with Crippen molar-refractivity contribution in [2.45, 2.75) is 0 Å². The molecular formula is C12H14ClFN2O2. The first-order chi connectivity index (χ1) is 8.43. The number of hydrogen-bond acceptors (Lipinski definition) is 4. The molecule has 0 unspecified atom stereocenters. The van der Waals surface area contributed by atoms with Crippen LogP contribution in [-0.2, 0) is 9.53 Å². The fourth-order valence-electron chi connectivity index (χ4n) is 1.35. The first-order valence-electron chi connectivity index (χ1n) is 5.15. The third-order valence-corrected chi connectivity index (χ3v) is 2.52. The van der Waals surface area contributed by atoms with E-state index in [-0.39, 0.29) is 17.6 Å². The van der Waals surface area contributed by atoms with Gasteiger partial charge in [-0.1, -0.05) is 18.2 Å². The van der Waals surface area contributed by atoms with E-state index in [0.29, 0.717) is 17.8 Å². The summed E-state index contributed by atoms with van der Waals surface area (Å²) in [5.74, 6) is -1.03. The summed E-state index contributed by atoms with van der Waals surface area (Å²) in [6.07, 6.45) is 3.85. The van der Waals surface area contributed by atoms with E-state index in [1.165, 1.54) is 18.4 Å². The number of allylic oxidation sites excluding steroid dienone is 2. The van der Waals surface area contributed by atoms with Gasteiger partial charge in [0.25, 0.3) is 0 Å². The number of esters is 1. The van der Waals surface area contributed by atoms with Gasteiger partial charge in [0.05, 0.1) is 10.7 Å². The second-order valence-electron chi connectivity index (χ2n) is 3.74. The van der Waals surface area contributed by atoms with Crippen molar-refractivity contribution in [3.8, 4) is 0 Å². The van der Waals surface area contributed by atoms with E-state index in [9.17, 15) is 9.18 Å². The van der Waals surface area contributed by atoms with Crippen molar-refractivity contribution in [1.29, 1.82) is 0 Å². The summed E-state index contributed by atoms with van der Waals surface area (Å²) in [5, 5.41) is -0.185. The molecule has 0 saturated heterocycles. The molecule has 1 rings (SSSR count). The van der Waals surface area contributed by atoms with Crippen molar-refractivity contribution in [1.82, 2.24) is 4.90 Å². The minimum absolute atomic E-state index is 0.185. The van der Waals surface area contributed by atoms with Crippen LogP contribution < -0.4 is 5.73 Å². The average Bonchev–Trinajstić information content (AvgIpc) is 2.74. The van der Waals surface area contributed by atoms with Crippen LogP contribution in [0.15, 0.2) is 47.1 Å². The maximum Gasteiger partial charge on any atom is 0.333 e. The number of likely N-dealkylation sites (N-methyl/N-ethyl adjacent to an activating group) is 1. The topological polar surface area (TPSA) is 55.6 Å². The van der Waals surface area contributed by atoms with Gasteiger partial charge in [-0.25, -0.2) is 9.18 Å². The Morgan fingerprint density at radius 2 is 2.44 bits per heavy atom. The highest BCUT2D eigenvalue weighted by Gasteiger charge is 2.16. The number of carbonyl (C=O) groups is 1. The second-order valence-corrected chi connectivity index (χ2v) is 4.19. The Labute approximate surface area is 110 Å². The molecule has 0 fully saturated rings. The van der Waals surface area contributed by atoms with Crippen molar-refractivity contribution in [2.75, 3.05) is 20.2 Å². The molecule has 0 bridgehead atoms. The number of carbonyl (C=O) groups excluding carboxylic acids is 1. The lowest BCUT2D eigenvalue weighted by Gasteiger charge is -2.19. The number of ether oxygens (including phenoxy) is 1. The molecule has 0 radical (unpaired) electrons. The van der Waals surface area contributed by atoms with Crippen LogP contribution in [0.25, 0.3) is 0 Å². The first kappa shape index (κ1) is 14.3. The minimum atomic E-state index is -0.644. The highest BCUT2D eigenvalue weighted by Crippen LogP contribution is 2.17. The normalized spacial score (nSPS) is 16.4. The van der Waals surface area contributed by atoms with E-state index in [4.69, 9.17) is 22.1 Å². The van der Waals surface area contributed by atoms with Crippen LogP contribution in [0.3, 0.4) is 0 Å². The fourth-order valence-corrected chi connectivity index (χ4v) is 1.40. The zero-order valence-corrected chi connectivity index (χ0v) is 10.7. The van der Waals surface area contributed by atoms with Crippen molar-refractivity contribution in [2.24, 2.45) is 5.73 Å². The maximum absolute atomic E-state index is 13.3. The van der Waals surface area contributed by atoms with E-state index >= 15 is 0 Å². The van der Waals surface area contributed by atoms with Crippen LogP contribution in [0, 0.1) is 0 Å². The van der Waals surface area contributed by atoms with Crippen LogP contribution in [-0.4, -0.2) is 31.1 Å². The number of hydrogen-bond donors (Lipinski definition) is 1. The smallest absolute Gasteiger partial charge is 0.333 e. The predicted octanol–water partition coefficient (Wildman–Crippen LogP) is 1.81. The summed E-state index contributed by atoms with van der Waals surface area (Å²) in [7, 11) is 1.75. The predicted molar refractivity (Wildman–Crippen MR) is 68.1 cm³/mol. The van der Waals surface area contributed by atoms with E-state index in [1.807, 2.05) is 0 Å². The maximum atomic E-state index is 13.3. The molecule has 6 heteroatoms. The van der Waals surface area contributed by atoms with Gasteiger partial charge in [-0.3, -0.25) is 0 Å². The molecule has 18 heavy (non-hydrogen) atoms. The van der Waals surface area contributed by atoms with Crippen LogP contribution in [0.5, 0.6) is 0 Å². The highest BCUT2D eigenvalue weighted by atomic mass is 35.5. The van der Waals surface area contributed by atoms with Crippen LogP contribution in [0.1, 0.15) is 0 Å². The quantitative estimate of drug-likeness (QED) is 0.613. The van der Waals surface area contributed by atoms with E-state index in [2.05, 4.69) is 6.58 Å². The lowest BCUT2D eigenvalue weighted by molar-refractivity contribution is -0.135. The van der Waals surface area contributed by atoms with Crippen molar-refractivity contribution < 1.29 is 13.9 Å². The van der Waals surface area contributed by atoms with Gasteiger partial charge in [-0.15, -0.1) is 0 Å². The monoisotopic (exact) mass is 272 g/mol. The number of cyclic esters (lactones) is 1. The Hall–Kier alpha value is -1.75. The molecule has 0 atom stereocenters. The Bertz CT molecular complexity index is 455. The molecule has 98 valence electrons. The molecule has 1 aliphatic rings. The average molecular weight is 273 g/mol. The number of rotatable bonds is 5. The molecule has 4 nitrogen and oxygen atoms in total. The highest BCUT2D eigenvalue weighted by molar-refractivity contribution is 6.31. The molecule has 0 amide bonds. The Kier molecular flexibility index (Phi) is 4.97. The molecule has 0 aromatic heterocycles. The van der Waals surface area contributed by atoms with Gasteiger partial charge in [0.1, 0.15) is 12.4 Å². The summed E-state index contributed by atoms with van der Waals surface area (Å²) in [5.41, 5.74) is 6.62. The summed E-state index contributed by atoms with van der Waals surface area (Å²) < 4.78 is 18.0. The van der Waals surface area contributed by atoms with E-state index in [0.717, 1.165) is 0 Å². The molecule has 0 saturated carbocycles. The fraction of sp³-hybridized carbons (Fsp3) is 0.250. The van der Waals surface area contributed by atoms with Crippen molar-refractivity contribution in [3.63, 3.8) is 0 Å². The van der Waals surface area contributed by atoms with Crippen LogP contribution in [0.2, 0.25) is 0 Å². The van der Waals surface area contributed by atoms with Gasteiger partial charge in [0.15, 0.2) is 0 Å². The second kappa shape index (κ2) is 6.26. The molecular weight excluding hydrogens is 259 g/mol. The van der Waals surface area contributed by atoms with Crippen LogP contribution in [0.4, 0.5) is 4.39 Å². The Morgan fingerprint density at radius 1 is 1.78 bits per heavy atom. The lowest BCUT2D eigenvalue weighted by atomic mass is 10.2. The largest absolute Gasteiger partial charge is 0.456 e. The SMILES string of the molecule is C=C(Cl)/C(F)=C\C(=C/N)CN(C)C1=CC(=O)OC1. The van der Waals surface area contributed by atoms with E-state index < -0.39 is 5.83 Å². The van der Waals surface area contributed by atoms with Crippen LogP contribution >= 0.6 is 11.6 Å². The minimum Gasteiger partial charge on any atom is -0.456 e. The van der Waals surface area contributed by atoms with Gasteiger partial charge in [0.2, 0.25) is 0 Å². The summed E-state index contributed by atoms with van der Waals surface area (Å²) in [4.78, 5) is 12.7. The summed E-state index contributed by atoms with van der Waals surface area (Å²) in [6.45, 7) is 3.81. The summed E-state index contributed by atoms with van der Waals surface area (Å²) >= 11 is 5.42. The molecule has 0 spiro atoms. The van der Waals surface area contributed by atoms with Gasteiger partial charge in [-0.2, -0.15) is 0 Å². The number of halogens is 2. The third-order valence-electron chi connectivity index (χ3n) is 2.34. The zero-order valence-electron chi connectivity index (χ0n) is 9.95. The first-order valence-corrected chi connectivity index (χ1v) is 5.53. The molecule has 0 aromatic carbocycles. The Morgan fingerprint density at radius 3 is 2.89 bits per heavy atom. The Balaban J connectivity index is 2.70. The van der Waals surface area contributed by atoms with E-state index in [1.54, 1.807) is 11.9 Å². The third kappa shape index (κ3) is 3.92. The lowest BCUT2D eigenvalue weighted by Crippen LogP contribution is -2.21. The molecule has 1 aliphatic heterocycles. The molecule has 1 heterocycles. The molecule has 2 N–H and O–H groups in total. The van der Waals surface area contributed by atoms with Gasteiger partial charge < -0.3 is 15.4 Å². The van der Waals surface area contributed by atoms with Gasteiger partial charge in [0, 0.05) is 19.7 Å². The van der Waals surface area contributed by atoms with Gasteiger partial charge in [-0.05, 0) is 17.8 Å².